The fraction of sp³-hybridized carbons (Fsp3) is 0.160. The second-order valence-electron chi connectivity index (χ2n) is 7.01. The molecule has 0 saturated carbocycles. The van der Waals surface area contributed by atoms with Crippen molar-refractivity contribution in [1.29, 1.82) is 0 Å². The molecule has 0 unspecified atom stereocenters. The van der Waals surface area contributed by atoms with Gasteiger partial charge in [0.15, 0.2) is 5.82 Å². The number of hydrogen-bond acceptors (Lipinski definition) is 6. The lowest BCUT2D eigenvalue weighted by Crippen LogP contribution is -2.05. The molecule has 0 bridgehead atoms. The van der Waals surface area contributed by atoms with Gasteiger partial charge in [0.1, 0.15) is 11.4 Å². The van der Waals surface area contributed by atoms with E-state index < -0.39 is 0 Å². The highest BCUT2D eigenvalue weighted by Crippen LogP contribution is 2.31. The van der Waals surface area contributed by atoms with Gasteiger partial charge in [0, 0.05) is 22.0 Å². The van der Waals surface area contributed by atoms with Gasteiger partial charge >= 0.3 is 5.97 Å². The Kier molecular flexibility index (Phi) is 6.08. The number of nitrogens with zero attached hydrogens (tertiary/aromatic N) is 2. The van der Waals surface area contributed by atoms with E-state index in [4.69, 9.17) is 9.47 Å². The predicted octanol–water partition coefficient (Wildman–Crippen LogP) is 5.62. The molecule has 0 atom stereocenters. The minimum absolute atomic E-state index is 0.316. The van der Waals surface area contributed by atoms with Crippen LogP contribution in [0.5, 0.6) is 5.75 Å². The van der Waals surface area contributed by atoms with Crippen LogP contribution in [-0.2, 0) is 4.74 Å². The SMILES string of the molecule is CCCOC(=O)c1ccc(-c2nnc(Nc3ccc(OC)cc3)c3ccccc23)cc1. The van der Waals surface area contributed by atoms with Crippen molar-refractivity contribution in [3.63, 3.8) is 0 Å². The molecule has 0 aliphatic rings. The number of aromatic nitrogens is 2. The number of nitrogens with one attached hydrogen (secondary N) is 1. The van der Waals surface area contributed by atoms with Gasteiger partial charge in [-0.15, -0.1) is 10.2 Å². The quantitative estimate of drug-likeness (QED) is 0.397. The molecule has 0 aliphatic heterocycles. The molecule has 0 radical (unpaired) electrons. The summed E-state index contributed by atoms with van der Waals surface area (Å²) in [6.45, 7) is 2.38. The summed E-state index contributed by atoms with van der Waals surface area (Å²) < 4.78 is 10.4. The van der Waals surface area contributed by atoms with E-state index in [1.165, 1.54) is 0 Å². The molecule has 0 spiro atoms. The van der Waals surface area contributed by atoms with Crippen LogP contribution in [0.4, 0.5) is 11.5 Å². The minimum Gasteiger partial charge on any atom is -0.497 e. The lowest BCUT2D eigenvalue weighted by Gasteiger charge is -2.12. The van der Waals surface area contributed by atoms with Gasteiger partial charge < -0.3 is 14.8 Å². The minimum atomic E-state index is -0.316. The van der Waals surface area contributed by atoms with Crippen LogP contribution < -0.4 is 10.1 Å². The average Bonchev–Trinajstić information content (AvgIpc) is 2.83. The van der Waals surface area contributed by atoms with E-state index in [9.17, 15) is 4.79 Å². The number of esters is 1. The first-order chi connectivity index (χ1) is 15.2. The van der Waals surface area contributed by atoms with E-state index in [-0.39, 0.29) is 5.97 Å². The summed E-state index contributed by atoms with van der Waals surface area (Å²) in [6.07, 6.45) is 0.794. The summed E-state index contributed by atoms with van der Waals surface area (Å²) in [6, 6.07) is 22.9. The van der Waals surface area contributed by atoms with Crippen LogP contribution in [0.3, 0.4) is 0 Å². The lowest BCUT2D eigenvalue weighted by molar-refractivity contribution is 0.0505. The summed E-state index contributed by atoms with van der Waals surface area (Å²) in [5.74, 6) is 1.14. The lowest BCUT2D eigenvalue weighted by atomic mass is 10.0. The summed E-state index contributed by atoms with van der Waals surface area (Å²) >= 11 is 0. The Hall–Kier alpha value is -3.93. The van der Waals surface area contributed by atoms with E-state index in [0.717, 1.165) is 39.9 Å². The van der Waals surface area contributed by atoms with Crippen LogP contribution in [0.25, 0.3) is 22.0 Å². The highest BCUT2D eigenvalue weighted by atomic mass is 16.5. The monoisotopic (exact) mass is 413 g/mol. The first-order valence-corrected chi connectivity index (χ1v) is 10.1. The van der Waals surface area contributed by atoms with E-state index in [1.807, 2.05) is 67.6 Å². The molecule has 3 aromatic carbocycles. The number of benzene rings is 3. The third-order valence-electron chi connectivity index (χ3n) is 4.87. The van der Waals surface area contributed by atoms with Crippen LogP contribution in [-0.4, -0.2) is 29.9 Å². The molecule has 1 aromatic heterocycles. The van der Waals surface area contributed by atoms with E-state index in [2.05, 4.69) is 15.5 Å². The predicted molar refractivity (Wildman–Crippen MR) is 122 cm³/mol. The van der Waals surface area contributed by atoms with E-state index in [1.54, 1.807) is 19.2 Å². The number of rotatable bonds is 7. The summed E-state index contributed by atoms with van der Waals surface area (Å²) in [5, 5.41) is 14.2. The Labute approximate surface area is 180 Å². The third-order valence-corrected chi connectivity index (χ3v) is 4.87. The molecule has 6 heteroatoms. The summed E-state index contributed by atoms with van der Waals surface area (Å²) in [4.78, 5) is 12.1. The number of methoxy groups -OCH3 is 1. The van der Waals surface area contributed by atoms with Crippen molar-refractivity contribution < 1.29 is 14.3 Å². The van der Waals surface area contributed by atoms with Gasteiger partial charge in [0.25, 0.3) is 0 Å². The first-order valence-electron chi connectivity index (χ1n) is 10.1. The van der Waals surface area contributed by atoms with Crippen molar-refractivity contribution in [3.05, 3.63) is 78.4 Å². The maximum atomic E-state index is 12.1. The second kappa shape index (κ2) is 9.26. The zero-order valence-corrected chi connectivity index (χ0v) is 17.5. The van der Waals surface area contributed by atoms with Gasteiger partial charge in [0.05, 0.1) is 19.3 Å². The van der Waals surface area contributed by atoms with Crippen molar-refractivity contribution in [2.45, 2.75) is 13.3 Å². The highest BCUT2D eigenvalue weighted by molar-refractivity contribution is 6.01. The van der Waals surface area contributed by atoms with Gasteiger partial charge in [-0.3, -0.25) is 0 Å². The zero-order chi connectivity index (χ0) is 21.6. The summed E-state index contributed by atoms with van der Waals surface area (Å²) in [5.41, 5.74) is 3.05. The average molecular weight is 413 g/mol. The van der Waals surface area contributed by atoms with Gasteiger partial charge in [-0.05, 0) is 42.8 Å². The largest absolute Gasteiger partial charge is 0.497 e. The molecule has 1 heterocycles. The van der Waals surface area contributed by atoms with Crippen molar-refractivity contribution in [2.24, 2.45) is 0 Å². The smallest absolute Gasteiger partial charge is 0.338 e. The Bertz CT molecular complexity index is 1190. The fourth-order valence-corrected chi connectivity index (χ4v) is 3.26. The Balaban J connectivity index is 1.65. The van der Waals surface area contributed by atoms with E-state index >= 15 is 0 Å². The molecule has 4 aromatic rings. The number of carbonyl (C=O) groups is 1. The van der Waals surface area contributed by atoms with Gasteiger partial charge in [-0.2, -0.15) is 0 Å². The van der Waals surface area contributed by atoms with Crippen LogP contribution in [0, 0.1) is 0 Å². The Morgan fingerprint density at radius 1 is 0.903 bits per heavy atom. The molecule has 4 rings (SSSR count). The third kappa shape index (κ3) is 4.48. The topological polar surface area (TPSA) is 73.3 Å². The molecule has 156 valence electrons. The van der Waals surface area contributed by atoms with Crippen molar-refractivity contribution in [3.8, 4) is 17.0 Å². The highest BCUT2D eigenvalue weighted by Gasteiger charge is 2.13. The number of ether oxygens (including phenoxy) is 2. The van der Waals surface area contributed by atoms with Crippen LogP contribution in [0.2, 0.25) is 0 Å². The van der Waals surface area contributed by atoms with Crippen LogP contribution >= 0.6 is 0 Å². The van der Waals surface area contributed by atoms with Crippen molar-refractivity contribution in [1.82, 2.24) is 10.2 Å². The van der Waals surface area contributed by atoms with Crippen molar-refractivity contribution in [2.75, 3.05) is 19.0 Å². The van der Waals surface area contributed by atoms with Crippen LogP contribution in [0.15, 0.2) is 72.8 Å². The normalized spacial score (nSPS) is 10.6. The van der Waals surface area contributed by atoms with Crippen molar-refractivity contribution >= 4 is 28.2 Å². The maximum absolute atomic E-state index is 12.1. The molecule has 1 N–H and O–H groups in total. The molecule has 6 nitrogen and oxygen atoms in total. The molecular formula is C25H23N3O3. The Morgan fingerprint density at radius 2 is 1.61 bits per heavy atom. The number of hydrogen-bond donors (Lipinski definition) is 1. The van der Waals surface area contributed by atoms with E-state index in [0.29, 0.717) is 18.0 Å². The summed E-state index contributed by atoms with van der Waals surface area (Å²) in [7, 11) is 1.64. The molecule has 0 fully saturated rings. The fourth-order valence-electron chi connectivity index (χ4n) is 3.26. The molecule has 0 aliphatic carbocycles. The number of carbonyl (C=O) groups excluding carboxylic acids is 1. The molecular weight excluding hydrogens is 390 g/mol. The Morgan fingerprint density at radius 3 is 2.29 bits per heavy atom. The van der Waals surface area contributed by atoms with Gasteiger partial charge in [-0.25, -0.2) is 4.79 Å². The molecule has 31 heavy (non-hydrogen) atoms. The second-order valence-corrected chi connectivity index (χ2v) is 7.01. The van der Waals surface area contributed by atoms with Gasteiger partial charge in [0.2, 0.25) is 0 Å². The first kappa shape index (κ1) is 20.3. The standard InChI is InChI=1S/C25H23N3O3/c1-3-16-31-25(29)18-10-8-17(9-11-18)23-21-6-4-5-7-22(21)24(28-27-23)26-19-12-14-20(30-2)15-13-19/h4-15H,3,16H2,1-2H3,(H,26,28). The molecule has 0 saturated heterocycles. The maximum Gasteiger partial charge on any atom is 0.338 e. The van der Waals surface area contributed by atoms with Gasteiger partial charge in [-0.1, -0.05) is 43.3 Å². The number of fused-ring (bicyclic) bond motifs is 1. The zero-order valence-electron chi connectivity index (χ0n) is 17.5. The van der Waals surface area contributed by atoms with Crippen LogP contribution in [0.1, 0.15) is 23.7 Å². The molecule has 0 amide bonds. The number of anilines is 2.